The second kappa shape index (κ2) is 9.84. The minimum Gasteiger partial charge on any atom is -0.339 e. The van der Waals surface area contributed by atoms with Gasteiger partial charge in [-0.2, -0.15) is 0 Å². The summed E-state index contributed by atoms with van der Waals surface area (Å²) in [6.07, 6.45) is 0.553. The molecule has 0 unspecified atom stereocenters. The number of amides is 2. The maximum atomic E-state index is 13.5. The van der Waals surface area contributed by atoms with Crippen LogP contribution < -0.4 is 0 Å². The van der Waals surface area contributed by atoms with E-state index in [0.29, 0.717) is 49.1 Å². The van der Waals surface area contributed by atoms with Gasteiger partial charge in [-0.25, -0.2) is 0 Å². The van der Waals surface area contributed by atoms with Gasteiger partial charge in [0.05, 0.1) is 11.3 Å². The van der Waals surface area contributed by atoms with Crippen LogP contribution in [0.5, 0.6) is 0 Å². The first kappa shape index (κ1) is 23.1. The fraction of sp³-hybridized carbons (Fsp3) is 0.333. The van der Waals surface area contributed by atoms with Crippen molar-refractivity contribution in [2.45, 2.75) is 27.2 Å². The van der Waals surface area contributed by atoms with E-state index in [1.807, 2.05) is 77.4 Å². The van der Waals surface area contributed by atoms with Gasteiger partial charge < -0.3 is 14.4 Å². The Bertz CT molecular complexity index is 1130. The van der Waals surface area contributed by atoms with E-state index in [0.717, 1.165) is 22.6 Å². The van der Waals surface area contributed by atoms with E-state index in [2.05, 4.69) is 18.4 Å². The van der Waals surface area contributed by atoms with E-state index in [1.165, 1.54) is 0 Å². The number of rotatable bonds is 5. The van der Waals surface area contributed by atoms with Crippen LogP contribution in [0.15, 0.2) is 60.7 Å². The third kappa shape index (κ3) is 4.98. The molecule has 2 aromatic carbocycles. The van der Waals surface area contributed by atoms with Crippen molar-refractivity contribution < 1.29 is 9.59 Å². The van der Waals surface area contributed by atoms with Crippen molar-refractivity contribution in [1.82, 2.24) is 14.4 Å². The largest absolute Gasteiger partial charge is 0.339 e. The number of nitrogens with zero attached hydrogens (tertiary/aromatic N) is 3. The topological polar surface area (TPSA) is 45.6 Å². The summed E-state index contributed by atoms with van der Waals surface area (Å²) in [5.74, 6) is 0.519. The van der Waals surface area contributed by atoms with Crippen molar-refractivity contribution >= 4 is 23.4 Å². The summed E-state index contributed by atoms with van der Waals surface area (Å²) in [4.78, 5) is 29.7. The first-order valence-corrected chi connectivity index (χ1v) is 11.8. The molecule has 2 heterocycles. The standard InChI is InChI=1S/C27H30ClN3O2/c1-19(2)17-26(32)29-13-15-30(16-14-29)27(33)24-18-25(21-9-11-22(28)12-10-21)31(20(24)3)23-7-5-4-6-8-23/h4-12,18-19H,13-17H2,1-3H3. The number of aromatic nitrogens is 1. The second-order valence-electron chi connectivity index (χ2n) is 8.98. The number of para-hydroxylation sites is 1. The summed E-state index contributed by atoms with van der Waals surface area (Å²) in [6.45, 7) is 8.36. The van der Waals surface area contributed by atoms with Crippen LogP contribution >= 0.6 is 11.6 Å². The predicted molar refractivity (Wildman–Crippen MR) is 133 cm³/mol. The highest BCUT2D eigenvalue weighted by Gasteiger charge is 2.28. The lowest BCUT2D eigenvalue weighted by atomic mass is 10.1. The lowest BCUT2D eigenvalue weighted by Gasteiger charge is -2.35. The Labute approximate surface area is 200 Å². The van der Waals surface area contributed by atoms with Gasteiger partial charge in [0.1, 0.15) is 0 Å². The normalized spacial score (nSPS) is 14.1. The zero-order valence-electron chi connectivity index (χ0n) is 19.4. The van der Waals surface area contributed by atoms with E-state index in [-0.39, 0.29) is 11.8 Å². The molecule has 1 fully saturated rings. The molecule has 1 aliphatic rings. The van der Waals surface area contributed by atoms with Gasteiger partial charge in [0.15, 0.2) is 0 Å². The molecule has 0 bridgehead atoms. The lowest BCUT2D eigenvalue weighted by Crippen LogP contribution is -2.50. The predicted octanol–water partition coefficient (Wildman–Crippen LogP) is 5.44. The third-order valence-electron chi connectivity index (χ3n) is 6.13. The number of hydrogen-bond acceptors (Lipinski definition) is 2. The lowest BCUT2D eigenvalue weighted by molar-refractivity contribution is -0.133. The number of carbonyl (C=O) groups excluding carboxylic acids is 2. The minimum atomic E-state index is 0.00773. The number of hydrogen-bond donors (Lipinski definition) is 0. The summed E-state index contributed by atoms with van der Waals surface area (Å²) in [5.41, 5.74) is 4.53. The molecule has 6 heteroatoms. The molecule has 1 aliphatic heterocycles. The molecule has 0 N–H and O–H groups in total. The molecule has 0 spiro atoms. The SMILES string of the molecule is Cc1c(C(=O)N2CCN(C(=O)CC(C)C)CC2)cc(-c2ccc(Cl)cc2)n1-c1ccccc1. The minimum absolute atomic E-state index is 0.00773. The van der Waals surface area contributed by atoms with Gasteiger partial charge in [-0.1, -0.05) is 55.8 Å². The molecular weight excluding hydrogens is 434 g/mol. The zero-order valence-corrected chi connectivity index (χ0v) is 20.2. The summed E-state index contributed by atoms with van der Waals surface area (Å²) in [6, 6.07) is 19.7. The van der Waals surface area contributed by atoms with Gasteiger partial charge in [-0.3, -0.25) is 9.59 Å². The second-order valence-corrected chi connectivity index (χ2v) is 9.41. The average molecular weight is 464 g/mol. The molecule has 0 saturated carbocycles. The number of halogens is 1. The number of carbonyl (C=O) groups is 2. The Morgan fingerprint density at radius 3 is 2.12 bits per heavy atom. The highest BCUT2D eigenvalue weighted by molar-refractivity contribution is 6.30. The van der Waals surface area contributed by atoms with Crippen LogP contribution in [-0.2, 0) is 4.79 Å². The van der Waals surface area contributed by atoms with Crippen molar-refractivity contribution in [3.8, 4) is 16.9 Å². The fourth-order valence-corrected chi connectivity index (χ4v) is 4.50. The Morgan fingerprint density at radius 1 is 0.909 bits per heavy atom. The third-order valence-corrected chi connectivity index (χ3v) is 6.39. The van der Waals surface area contributed by atoms with Crippen LogP contribution in [0.3, 0.4) is 0 Å². The maximum absolute atomic E-state index is 13.5. The Kier molecular flexibility index (Phi) is 6.89. The highest BCUT2D eigenvalue weighted by atomic mass is 35.5. The van der Waals surface area contributed by atoms with Gasteiger partial charge >= 0.3 is 0 Å². The Balaban J connectivity index is 1.63. The van der Waals surface area contributed by atoms with Gasteiger partial charge in [0.25, 0.3) is 5.91 Å². The summed E-state index contributed by atoms with van der Waals surface area (Å²) in [7, 11) is 0. The van der Waals surface area contributed by atoms with Crippen LogP contribution in [0.25, 0.3) is 16.9 Å². The van der Waals surface area contributed by atoms with Crippen LogP contribution in [0.1, 0.15) is 36.3 Å². The average Bonchev–Trinajstić information content (AvgIpc) is 3.16. The molecule has 0 radical (unpaired) electrons. The van der Waals surface area contributed by atoms with Crippen molar-refractivity contribution in [3.05, 3.63) is 76.9 Å². The fourth-order valence-electron chi connectivity index (χ4n) is 4.37. The van der Waals surface area contributed by atoms with Crippen LogP contribution in [0.2, 0.25) is 5.02 Å². The van der Waals surface area contributed by atoms with Crippen LogP contribution in [0.4, 0.5) is 0 Å². The number of benzene rings is 2. The summed E-state index contributed by atoms with van der Waals surface area (Å²) in [5, 5.41) is 0.675. The van der Waals surface area contributed by atoms with Crippen molar-refractivity contribution in [2.75, 3.05) is 26.2 Å². The first-order valence-electron chi connectivity index (χ1n) is 11.5. The highest BCUT2D eigenvalue weighted by Crippen LogP contribution is 2.31. The van der Waals surface area contributed by atoms with E-state index in [4.69, 9.17) is 11.6 Å². The molecular formula is C27H30ClN3O2. The molecule has 172 valence electrons. The maximum Gasteiger partial charge on any atom is 0.255 e. The molecule has 4 rings (SSSR count). The molecule has 1 aromatic heterocycles. The quantitative estimate of drug-likeness (QED) is 0.506. The molecule has 5 nitrogen and oxygen atoms in total. The van der Waals surface area contributed by atoms with Crippen LogP contribution in [-0.4, -0.2) is 52.4 Å². The molecule has 33 heavy (non-hydrogen) atoms. The van der Waals surface area contributed by atoms with Gasteiger partial charge in [-0.05, 0) is 48.7 Å². The molecule has 0 atom stereocenters. The van der Waals surface area contributed by atoms with Crippen molar-refractivity contribution in [1.29, 1.82) is 0 Å². The molecule has 3 aromatic rings. The van der Waals surface area contributed by atoms with E-state index >= 15 is 0 Å². The van der Waals surface area contributed by atoms with Crippen molar-refractivity contribution in [3.63, 3.8) is 0 Å². The molecule has 0 aliphatic carbocycles. The number of piperazine rings is 1. The monoisotopic (exact) mass is 463 g/mol. The van der Waals surface area contributed by atoms with Gasteiger partial charge in [-0.15, -0.1) is 0 Å². The summed E-state index contributed by atoms with van der Waals surface area (Å²) < 4.78 is 2.12. The molecule has 2 amide bonds. The zero-order chi connectivity index (χ0) is 23.5. The van der Waals surface area contributed by atoms with E-state index in [1.54, 1.807) is 0 Å². The summed E-state index contributed by atoms with van der Waals surface area (Å²) >= 11 is 6.11. The van der Waals surface area contributed by atoms with E-state index in [9.17, 15) is 9.59 Å². The smallest absolute Gasteiger partial charge is 0.255 e. The Morgan fingerprint density at radius 2 is 1.52 bits per heavy atom. The van der Waals surface area contributed by atoms with Gasteiger partial charge in [0, 0.05) is 49.0 Å². The van der Waals surface area contributed by atoms with Gasteiger partial charge in [0.2, 0.25) is 5.91 Å². The van der Waals surface area contributed by atoms with E-state index < -0.39 is 0 Å². The van der Waals surface area contributed by atoms with Crippen LogP contribution in [0, 0.1) is 12.8 Å². The Hall–Kier alpha value is -3.05. The van der Waals surface area contributed by atoms with Crippen molar-refractivity contribution in [2.24, 2.45) is 5.92 Å². The molecule has 1 saturated heterocycles. The first-order chi connectivity index (χ1) is 15.8.